The van der Waals surface area contributed by atoms with Crippen LogP contribution in [0, 0.1) is 0 Å². The summed E-state index contributed by atoms with van der Waals surface area (Å²) < 4.78 is 5.45. The molecule has 22 heavy (non-hydrogen) atoms. The van der Waals surface area contributed by atoms with E-state index in [-0.39, 0.29) is 11.5 Å². The third-order valence-electron chi connectivity index (χ3n) is 3.03. The minimum atomic E-state index is 0.135. The summed E-state index contributed by atoms with van der Waals surface area (Å²) in [6.07, 6.45) is 3.93. The first-order chi connectivity index (χ1) is 10.6. The molecule has 2 N–H and O–H groups in total. The average Bonchev–Trinajstić information content (AvgIpc) is 2.50. The van der Waals surface area contributed by atoms with Crippen LogP contribution < -0.4 is 4.74 Å². The van der Waals surface area contributed by atoms with Crippen LogP contribution >= 0.6 is 0 Å². The number of aliphatic imine (C=N–C) groups is 1. The van der Waals surface area contributed by atoms with Crippen LogP contribution in [0.1, 0.15) is 18.1 Å². The fourth-order valence-electron chi connectivity index (χ4n) is 2.06. The molecule has 0 saturated heterocycles. The first kappa shape index (κ1) is 15.6. The van der Waals surface area contributed by atoms with Gasteiger partial charge < -0.3 is 14.9 Å². The lowest BCUT2D eigenvalue weighted by Crippen LogP contribution is -1.96. The number of hydrogen-bond acceptors (Lipinski definition) is 4. The van der Waals surface area contributed by atoms with Crippen molar-refractivity contribution in [1.82, 2.24) is 0 Å². The fraction of sp³-hybridized carbons (Fsp3) is 0.167. The Hall–Kier alpha value is -2.75. The number of ether oxygens (including phenoxy) is 1. The topological polar surface area (TPSA) is 62.1 Å². The van der Waals surface area contributed by atoms with Crippen molar-refractivity contribution in [3.8, 4) is 17.2 Å². The van der Waals surface area contributed by atoms with Crippen molar-refractivity contribution in [3.05, 3.63) is 60.2 Å². The zero-order valence-corrected chi connectivity index (χ0v) is 12.5. The Balaban J connectivity index is 2.35. The molecule has 0 unspecified atom stereocenters. The van der Waals surface area contributed by atoms with E-state index < -0.39 is 0 Å². The van der Waals surface area contributed by atoms with Crippen LogP contribution in [0.5, 0.6) is 17.2 Å². The number of benzene rings is 2. The van der Waals surface area contributed by atoms with Crippen LogP contribution in [0.25, 0.3) is 0 Å². The van der Waals surface area contributed by atoms with Crippen molar-refractivity contribution < 1.29 is 14.9 Å². The third-order valence-corrected chi connectivity index (χ3v) is 3.03. The lowest BCUT2D eigenvalue weighted by atomic mass is 10.1. The average molecular weight is 297 g/mol. The normalized spacial score (nSPS) is 10.8. The number of hydrogen-bond donors (Lipinski definition) is 2. The van der Waals surface area contributed by atoms with Crippen molar-refractivity contribution in [1.29, 1.82) is 0 Å². The third kappa shape index (κ3) is 3.88. The molecule has 0 spiro atoms. The number of rotatable bonds is 6. The molecule has 2 aromatic rings. The van der Waals surface area contributed by atoms with Crippen LogP contribution in [-0.4, -0.2) is 23.0 Å². The van der Waals surface area contributed by atoms with Gasteiger partial charge in [0.05, 0.1) is 12.3 Å². The largest absolute Gasteiger partial charge is 0.508 e. The second-order valence-electron chi connectivity index (χ2n) is 4.73. The highest BCUT2D eigenvalue weighted by atomic mass is 16.5. The Morgan fingerprint density at radius 3 is 2.73 bits per heavy atom. The predicted molar refractivity (Wildman–Crippen MR) is 88.5 cm³/mol. The molecular formula is C18H19NO3. The van der Waals surface area contributed by atoms with Gasteiger partial charge in [-0.15, -0.1) is 6.58 Å². The zero-order valence-electron chi connectivity index (χ0n) is 12.5. The van der Waals surface area contributed by atoms with Gasteiger partial charge in [0, 0.05) is 17.8 Å². The Labute approximate surface area is 130 Å². The number of phenolic OH excluding ortho intramolecular Hbond substituents is 2. The summed E-state index contributed by atoms with van der Waals surface area (Å²) in [6.45, 7) is 6.02. The highest BCUT2D eigenvalue weighted by Gasteiger charge is 2.09. The minimum Gasteiger partial charge on any atom is -0.508 e. The smallest absolute Gasteiger partial charge is 0.161 e. The van der Waals surface area contributed by atoms with E-state index >= 15 is 0 Å². The van der Waals surface area contributed by atoms with E-state index in [9.17, 15) is 10.2 Å². The van der Waals surface area contributed by atoms with Crippen molar-refractivity contribution in [3.63, 3.8) is 0 Å². The van der Waals surface area contributed by atoms with E-state index in [1.807, 2.05) is 13.0 Å². The molecule has 0 fully saturated rings. The molecule has 0 radical (unpaired) electrons. The Kier molecular flexibility index (Phi) is 5.20. The van der Waals surface area contributed by atoms with Crippen LogP contribution in [0.15, 0.2) is 54.0 Å². The first-order valence-corrected chi connectivity index (χ1v) is 7.06. The van der Waals surface area contributed by atoms with Gasteiger partial charge in [-0.2, -0.15) is 0 Å². The maximum absolute atomic E-state index is 10.1. The maximum atomic E-state index is 10.1. The van der Waals surface area contributed by atoms with Gasteiger partial charge in [0.2, 0.25) is 0 Å². The van der Waals surface area contributed by atoms with Gasteiger partial charge in [0.15, 0.2) is 11.5 Å². The van der Waals surface area contributed by atoms with E-state index in [0.29, 0.717) is 24.5 Å². The molecule has 0 aliphatic carbocycles. The van der Waals surface area contributed by atoms with E-state index in [0.717, 1.165) is 11.1 Å². The highest BCUT2D eigenvalue weighted by Crippen LogP contribution is 2.32. The molecule has 4 nitrogen and oxygen atoms in total. The van der Waals surface area contributed by atoms with Crippen molar-refractivity contribution >= 4 is 11.9 Å². The molecule has 0 saturated carbocycles. The summed E-state index contributed by atoms with van der Waals surface area (Å²) in [6, 6.07) is 10.3. The van der Waals surface area contributed by atoms with E-state index in [2.05, 4.69) is 11.6 Å². The van der Waals surface area contributed by atoms with Gasteiger partial charge in [-0.05, 0) is 43.2 Å². The van der Waals surface area contributed by atoms with Gasteiger partial charge in [-0.3, -0.25) is 4.99 Å². The minimum absolute atomic E-state index is 0.135. The fourth-order valence-corrected chi connectivity index (χ4v) is 2.06. The van der Waals surface area contributed by atoms with Gasteiger partial charge in [-0.25, -0.2) is 0 Å². The summed E-state index contributed by atoms with van der Waals surface area (Å²) in [4.78, 5) is 4.32. The molecule has 0 aliphatic rings. The maximum Gasteiger partial charge on any atom is 0.161 e. The molecule has 0 aromatic heterocycles. The lowest BCUT2D eigenvalue weighted by molar-refractivity contribution is 0.317. The SMILES string of the molecule is C=CCc1cc(C=Nc2cccc(O)c2)cc(OCC)c1O. The Bertz CT molecular complexity index is 693. The van der Waals surface area contributed by atoms with Crippen molar-refractivity contribution in [2.45, 2.75) is 13.3 Å². The molecular weight excluding hydrogens is 278 g/mol. The standard InChI is InChI=1S/C18H19NO3/c1-3-6-14-9-13(10-17(18(14)21)22-4-2)12-19-15-7-5-8-16(20)11-15/h3,5,7-12,20-21H,1,4,6H2,2H3. The Morgan fingerprint density at radius 1 is 1.23 bits per heavy atom. The van der Waals surface area contributed by atoms with Crippen LogP contribution in [0.4, 0.5) is 5.69 Å². The van der Waals surface area contributed by atoms with E-state index in [1.54, 1.807) is 42.6 Å². The summed E-state index contributed by atoms with van der Waals surface area (Å²) >= 11 is 0. The molecule has 0 aliphatic heterocycles. The monoisotopic (exact) mass is 297 g/mol. The van der Waals surface area contributed by atoms with Crippen molar-refractivity contribution in [2.24, 2.45) is 4.99 Å². The Morgan fingerprint density at radius 2 is 2.05 bits per heavy atom. The van der Waals surface area contributed by atoms with Gasteiger partial charge in [0.25, 0.3) is 0 Å². The second-order valence-corrected chi connectivity index (χ2v) is 4.73. The van der Waals surface area contributed by atoms with Crippen LogP contribution in [0.3, 0.4) is 0 Å². The number of allylic oxidation sites excluding steroid dienone is 1. The van der Waals surface area contributed by atoms with Crippen LogP contribution in [-0.2, 0) is 6.42 Å². The van der Waals surface area contributed by atoms with Gasteiger partial charge in [-0.1, -0.05) is 12.1 Å². The summed E-state index contributed by atoms with van der Waals surface area (Å²) in [5.74, 6) is 0.734. The number of aromatic hydroxyl groups is 2. The second kappa shape index (κ2) is 7.31. The molecule has 0 amide bonds. The van der Waals surface area contributed by atoms with Gasteiger partial charge in [0.1, 0.15) is 5.75 Å². The zero-order chi connectivity index (χ0) is 15.9. The number of phenols is 2. The molecule has 114 valence electrons. The molecule has 2 aromatic carbocycles. The van der Waals surface area contributed by atoms with Crippen LogP contribution in [0.2, 0.25) is 0 Å². The molecule has 4 heteroatoms. The van der Waals surface area contributed by atoms with E-state index in [4.69, 9.17) is 4.74 Å². The summed E-state index contributed by atoms with van der Waals surface area (Å²) in [7, 11) is 0. The lowest BCUT2D eigenvalue weighted by Gasteiger charge is -2.10. The summed E-state index contributed by atoms with van der Waals surface area (Å²) in [5.41, 5.74) is 2.19. The molecule has 0 atom stereocenters. The molecule has 0 bridgehead atoms. The predicted octanol–water partition coefficient (Wildman–Crippen LogP) is 3.98. The quantitative estimate of drug-likeness (QED) is 0.626. The van der Waals surface area contributed by atoms with Crippen molar-refractivity contribution in [2.75, 3.05) is 6.61 Å². The molecule has 2 rings (SSSR count). The van der Waals surface area contributed by atoms with E-state index in [1.165, 1.54) is 0 Å². The van der Waals surface area contributed by atoms with Gasteiger partial charge >= 0.3 is 0 Å². The summed E-state index contributed by atoms with van der Waals surface area (Å²) in [5, 5.41) is 19.6. The highest BCUT2D eigenvalue weighted by molar-refractivity contribution is 5.83. The number of nitrogens with zero attached hydrogens (tertiary/aromatic N) is 1. The molecule has 0 heterocycles. The first-order valence-electron chi connectivity index (χ1n) is 7.06.